The number of aryl methyl sites for hydroxylation is 1. The van der Waals surface area contributed by atoms with Crippen LogP contribution in [0.2, 0.25) is 0 Å². The van der Waals surface area contributed by atoms with Crippen LogP contribution in [0.4, 0.5) is 0 Å². The van der Waals surface area contributed by atoms with Gasteiger partial charge in [-0.05, 0) is 99.7 Å². The van der Waals surface area contributed by atoms with Crippen molar-refractivity contribution in [2.75, 3.05) is 6.61 Å². The Morgan fingerprint density at radius 2 is 1.74 bits per heavy atom. The molecule has 0 bridgehead atoms. The first kappa shape index (κ1) is 28.3. The monoisotopic (exact) mass is 601 g/mol. The maximum Gasteiger partial charge on any atom is 0.134 e. The Bertz CT molecular complexity index is 2100. The molecule has 46 heavy (non-hydrogen) atoms. The van der Waals surface area contributed by atoms with Crippen LogP contribution in [-0.2, 0) is 17.6 Å². The maximum atomic E-state index is 11.4. The van der Waals surface area contributed by atoms with Crippen molar-refractivity contribution >= 4 is 17.9 Å². The molecule has 3 aliphatic rings. The fourth-order valence-electron chi connectivity index (χ4n) is 7.51. The van der Waals surface area contributed by atoms with Gasteiger partial charge in [0.2, 0.25) is 0 Å². The molecule has 0 spiro atoms. The zero-order valence-corrected chi connectivity index (χ0v) is 25.7. The number of ether oxygens (including phenoxy) is 2. The van der Waals surface area contributed by atoms with Crippen LogP contribution >= 0.6 is 0 Å². The van der Waals surface area contributed by atoms with E-state index in [0.717, 1.165) is 55.4 Å². The third-order valence-electron chi connectivity index (χ3n) is 9.69. The molecule has 0 N–H and O–H groups in total. The van der Waals surface area contributed by atoms with Gasteiger partial charge in [0.1, 0.15) is 17.8 Å². The average molecular weight is 602 g/mol. The summed E-state index contributed by atoms with van der Waals surface area (Å²) in [6.45, 7) is 0.566. The molecular formula is C42H35NO3. The topological polar surface area (TPSA) is 48.4 Å². The van der Waals surface area contributed by atoms with Gasteiger partial charge < -0.3 is 14.3 Å². The van der Waals surface area contributed by atoms with Gasteiger partial charge in [0.25, 0.3) is 0 Å². The quantitative estimate of drug-likeness (QED) is 0.137. The molecule has 1 aliphatic heterocycles. The van der Waals surface area contributed by atoms with Crippen LogP contribution in [0.5, 0.6) is 11.5 Å². The van der Waals surface area contributed by atoms with E-state index >= 15 is 0 Å². The number of nitrogens with zero attached hydrogens (tertiary/aromatic N) is 1. The van der Waals surface area contributed by atoms with Crippen LogP contribution < -0.4 is 19.9 Å². The van der Waals surface area contributed by atoms with Crippen molar-refractivity contribution in [2.45, 2.75) is 43.9 Å². The van der Waals surface area contributed by atoms with Gasteiger partial charge >= 0.3 is 0 Å². The molecule has 4 heteroatoms. The van der Waals surface area contributed by atoms with Crippen molar-refractivity contribution in [3.8, 4) is 22.6 Å². The summed E-state index contributed by atoms with van der Waals surface area (Å²) >= 11 is 0. The Morgan fingerprint density at radius 3 is 2.65 bits per heavy atom. The van der Waals surface area contributed by atoms with Crippen molar-refractivity contribution in [1.29, 1.82) is 0 Å². The zero-order chi connectivity index (χ0) is 30.9. The maximum absolute atomic E-state index is 11.4. The summed E-state index contributed by atoms with van der Waals surface area (Å²) in [6, 6.07) is 34.6. The molecule has 0 saturated carbocycles. The molecule has 226 valence electrons. The number of allylic oxidation sites excluding steroid dienone is 1. The predicted octanol–water partition coefficient (Wildman–Crippen LogP) is 7.41. The molecule has 2 aliphatic carbocycles. The minimum Gasteiger partial charge on any atom is -0.493 e. The largest absolute Gasteiger partial charge is 0.493 e. The molecule has 2 heterocycles. The summed E-state index contributed by atoms with van der Waals surface area (Å²) in [6.07, 6.45) is 13.3. The molecule has 1 aromatic heterocycles. The van der Waals surface area contributed by atoms with E-state index < -0.39 is 0 Å². The first-order chi connectivity index (χ1) is 22.8. The third kappa shape index (κ3) is 5.14. The van der Waals surface area contributed by atoms with Gasteiger partial charge in [0, 0.05) is 29.4 Å². The van der Waals surface area contributed by atoms with E-state index in [1.807, 2.05) is 24.4 Å². The molecular weight excluding hydrogens is 566 g/mol. The number of pyridine rings is 1. The zero-order valence-electron chi connectivity index (χ0n) is 25.7. The number of aldehydes is 1. The molecule has 0 amide bonds. The molecule has 2 atom stereocenters. The Morgan fingerprint density at radius 1 is 0.870 bits per heavy atom. The highest BCUT2D eigenvalue weighted by Gasteiger charge is 2.27. The highest BCUT2D eigenvalue weighted by atomic mass is 16.5. The molecule has 0 radical (unpaired) electrons. The Kier molecular flexibility index (Phi) is 7.55. The lowest BCUT2D eigenvalue weighted by atomic mass is 9.75. The van der Waals surface area contributed by atoms with E-state index in [0.29, 0.717) is 12.4 Å². The summed E-state index contributed by atoms with van der Waals surface area (Å²) in [5, 5.41) is 2.79. The van der Waals surface area contributed by atoms with Crippen LogP contribution in [0.3, 0.4) is 0 Å². The molecule has 5 aromatic rings. The highest BCUT2D eigenvalue weighted by Crippen LogP contribution is 2.37. The van der Waals surface area contributed by atoms with Crippen molar-refractivity contribution in [1.82, 2.24) is 4.98 Å². The lowest BCUT2D eigenvalue weighted by Gasteiger charge is -2.29. The number of benzene rings is 4. The summed E-state index contributed by atoms with van der Waals surface area (Å²) in [5.74, 6) is 1.42. The van der Waals surface area contributed by atoms with Crippen molar-refractivity contribution < 1.29 is 14.3 Å². The predicted molar refractivity (Wildman–Crippen MR) is 182 cm³/mol. The van der Waals surface area contributed by atoms with E-state index in [2.05, 4.69) is 84.9 Å². The first-order valence-corrected chi connectivity index (χ1v) is 16.3. The van der Waals surface area contributed by atoms with Crippen LogP contribution in [0.25, 0.3) is 22.8 Å². The number of rotatable bonds is 8. The summed E-state index contributed by atoms with van der Waals surface area (Å²) in [5.41, 5.74) is 11.6. The molecule has 2 unspecified atom stereocenters. The van der Waals surface area contributed by atoms with Gasteiger partial charge in [-0.15, -0.1) is 0 Å². The minimum absolute atomic E-state index is 0.272. The van der Waals surface area contributed by atoms with E-state index in [4.69, 9.17) is 14.5 Å². The van der Waals surface area contributed by atoms with E-state index in [9.17, 15) is 4.79 Å². The molecule has 8 rings (SSSR count). The average Bonchev–Trinajstić information content (AvgIpc) is 3.12. The molecule has 0 fully saturated rings. The standard InChI is InChI=1S/C42H35NO3/c44-27-30-22-25-46-41-26-31(15-17-33(30)41)45-24-7-13-40-37(12-6-23-43-40)36-19-18-34(28-8-2-1-3-9-28)42-38-16-14-29-10-4-5-11-32(29)35(38)20-21-39(36)42/h1-6,8-12,15-17,20-23,25-27,30,36H,7,13-14,18-19,24H2. The van der Waals surface area contributed by atoms with Gasteiger partial charge in [-0.1, -0.05) is 84.9 Å². The Balaban J connectivity index is 1.10. The van der Waals surface area contributed by atoms with Gasteiger partial charge in [-0.3, -0.25) is 4.98 Å². The number of hydrogen-bond donors (Lipinski definition) is 0. The second-order valence-corrected chi connectivity index (χ2v) is 12.3. The number of carbonyl (C=O) groups is 1. The SMILES string of the molecule is O=CC1C=COc2cc(OCCCc3ncccc3C3CCC(c4ccccc4)=c4c3ccc3c4=CCc4ccccc4-3)ccc21. The number of hydrogen-bond acceptors (Lipinski definition) is 4. The van der Waals surface area contributed by atoms with Crippen LogP contribution in [0, 0.1) is 0 Å². The first-order valence-electron chi connectivity index (χ1n) is 16.3. The number of carbonyl (C=O) groups excluding carboxylic acids is 1. The lowest BCUT2D eigenvalue weighted by Crippen LogP contribution is -2.38. The van der Waals surface area contributed by atoms with E-state index in [-0.39, 0.29) is 11.8 Å². The van der Waals surface area contributed by atoms with Gasteiger partial charge in [0.15, 0.2) is 0 Å². The van der Waals surface area contributed by atoms with Gasteiger partial charge in [-0.25, -0.2) is 0 Å². The number of fused-ring (bicyclic) bond motifs is 6. The van der Waals surface area contributed by atoms with Crippen LogP contribution in [-0.4, -0.2) is 17.9 Å². The second kappa shape index (κ2) is 12.3. The minimum atomic E-state index is -0.272. The van der Waals surface area contributed by atoms with Gasteiger partial charge in [0.05, 0.1) is 18.8 Å². The van der Waals surface area contributed by atoms with Crippen molar-refractivity contribution in [3.63, 3.8) is 0 Å². The normalized spacial score (nSPS) is 17.4. The molecule has 4 nitrogen and oxygen atoms in total. The fourth-order valence-corrected chi connectivity index (χ4v) is 7.51. The highest BCUT2D eigenvalue weighted by molar-refractivity contribution is 5.77. The Hall–Kier alpha value is -5.22. The van der Waals surface area contributed by atoms with Crippen molar-refractivity contribution in [3.05, 3.63) is 160 Å². The van der Waals surface area contributed by atoms with Crippen LogP contribution in [0.1, 0.15) is 64.6 Å². The second-order valence-electron chi connectivity index (χ2n) is 12.3. The molecule has 0 saturated heterocycles. The summed E-state index contributed by atoms with van der Waals surface area (Å²) in [7, 11) is 0. The summed E-state index contributed by atoms with van der Waals surface area (Å²) in [4.78, 5) is 16.3. The number of aromatic nitrogens is 1. The van der Waals surface area contributed by atoms with Crippen LogP contribution in [0.15, 0.2) is 116 Å². The van der Waals surface area contributed by atoms with E-state index in [1.165, 1.54) is 49.4 Å². The van der Waals surface area contributed by atoms with Crippen molar-refractivity contribution in [2.24, 2.45) is 0 Å². The lowest BCUT2D eigenvalue weighted by molar-refractivity contribution is -0.108. The van der Waals surface area contributed by atoms with E-state index in [1.54, 1.807) is 12.3 Å². The fraction of sp³-hybridized carbons (Fsp3) is 0.190. The third-order valence-corrected chi connectivity index (χ3v) is 9.69. The summed E-state index contributed by atoms with van der Waals surface area (Å²) < 4.78 is 11.8. The smallest absolute Gasteiger partial charge is 0.134 e. The molecule has 4 aromatic carbocycles. The van der Waals surface area contributed by atoms with Gasteiger partial charge in [-0.2, -0.15) is 0 Å². The Labute approximate surface area is 269 Å².